The summed E-state index contributed by atoms with van der Waals surface area (Å²) in [6, 6.07) is 21.3. The van der Waals surface area contributed by atoms with Gasteiger partial charge in [-0.25, -0.2) is 14.8 Å². The summed E-state index contributed by atoms with van der Waals surface area (Å²) in [4.78, 5) is 55.5. The summed E-state index contributed by atoms with van der Waals surface area (Å²) in [7, 11) is 0. The van der Waals surface area contributed by atoms with Crippen molar-refractivity contribution >= 4 is 51.1 Å². The van der Waals surface area contributed by atoms with Crippen molar-refractivity contribution in [1.29, 1.82) is 0 Å². The maximum atomic E-state index is 12.7. The van der Waals surface area contributed by atoms with Crippen molar-refractivity contribution in [2.24, 2.45) is 0 Å². The predicted molar refractivity (Wildman–Crippen MR) is 183 cm³/mol. The first-order valence-electron chi connectivity index (χ1n) is 15.6. The maximum absolute atomic E-state index is 12.7. The molecule has 0 aliphatic carbocycles. The Morgan fingerprint density at radius 2 is 1.35 bits per heavy atom. The zero-order valence-electron chi connectivity index (χ0n) is 26.6. The van der Waals surface area contributed by atoms with E-state index in [1.54, 1.807) is 30.3 Å². The van der Waals surface area contributed by atoms with Gasteiger partial charge in [-0.05, 0) is 45.2 Å². The molecule has 0 spiro atoms. The first-order valence-corrected chi connectivity index (χ1v) is 15.6. The number of fused-ring (bicyclic) bond motifs is 3. The zero-order chi connectivity index (χ0) is 33.2. The molecule has 0 saturated heterocycles. The van der Waals surface area contributed by atoms with Gasteiger partial charge in [-0.2, -0.15) is 0 Å². The Labute approximate surface area is 270 Å². The molecule has 3 aromatic carbocycles. The summed E-state index contributed by atoms with van der Waals surface area (Å²) < 4.78 is 2.30. The fourth-order valence-electron chi connectivity index (χ4n) is 5.55. The second kappa shape index (κ2) is 15.7. The molecule has 2 heterocycles. The number of carboxylic acid groups (broad SMARTS) is 1. The van der Waals surface area contributed by atoms with Gasteiger partial charge in [0.25, 0.3) is 0 Å². The number of nitrogens with two attached hydrogens (primary N) is 1. The van der Waals surface area contributed by atoms with Crippen molar-refractivity contribution in [2.45, 2.75) is 72.3 Å². The fourth-order valence-corrected chi connectivity index (χ4v) is 5.55. The summed E-state index contributed by atoms with van der Waals surface area (Å²) in [5, 5.41) is 9.73. The lowest BCUT2D eigenvalue weighted by Gasteiger charge is -2.11. The summed E-state index contributed by atoms with van der Waals surface area (Å²) in [6.45, 7) is 5.85. The quantitative estimate of drug-likeness (QED) is 0.0991. The van der Waals surface area contributed by atoms with E-state index >= 15 is 0 Å². The number of carboxylic acids is 1. The van der Waals surface area contributed by atoms with Crippen LogP contribution in [0.2, 0.25) is 0 Å². The normalized spacial score (nSPS) is 10.8. The van der Waals surface area contributed by atoms with Crippen LogP contribution < -0.4 is 5.73 Å². The molecule has 2 aromatic heterocycles. The number of rotatable bonds is 13. The van der Waals surface area contributed by atoms with Crippen LogP contribution in [-0.2, 0) is 13.0 Å². The van der Waals surface area contributed by atoms with Crippen LogP contribution in [0.4, 0.5) is 5.82 Å². The van der Waals surface area contributed by atoms with Crippen LogP contribution >= 0.6 is 0 Å². The third-order valence-electron chi connectivity index (χ3n) is 7.87. The highest BCUT2D eigenvalue weighted by atomic mass is 16.4. The minimum atomic E-state index is -1.07. The van der Waals surface area contributed by atoms with E-state index < -0.39 is 5.97 Å². The molecule has 0 fully saturated rings. The lowest BCUT2D eigenvalue weighted by Crippen LogP contribution is -2.07. The molecule has 0 radical (unpaired) electrons. The van der Waals surface area contributed by atoms with Gasteiger partial charge in [-0.1, -0.05) is 80.4 Å². The van der Waals surface area contributed by atoms with Gasteiger partial charge in [-0.15, -0.1) is 0 Å². The number of carbonyl (C=O) groups is 4. The number of unbranched alkanes of at least 4 members (excludes halogenated alkanes) is 3. The van der Waals surface area contributed by atoms with Crippen molar-refractivity contribution in [3.05, 3.63) is 101 Å². The number of hydrogen-bond donors (Lipinski definition) is 2. The fraction of sp³-hybridized carbons (Fsp3) is 0.297. The third-order valence-corrected chi connectivity index (χ3v) is 7.87. The van der Waals surface area contributed by atoms with Crippen molar-refractivity contribution < 1.29 is 25.7 Å². The highest BCUT2D eigenvalue weighted by Crippen LogP contribution is 2.30. The molecule has 0 aliphatic rings. The highest BCUT2D eigenvalue weighted by molar-refractivity contribution is 6.08. The van der Waals surface area contributed by atoms with E-state index in [1.807, 2.05) is 24.3 Å². The molecule has 0 bridgehead atoms. The second-order valence-corrected chi connectivity index (χ2v) is 11.2. The van der Waals surface area contributed by atoms with E-state index in [0.717, 1.165) is 72.8 Å². The lowest BCUT2D eigenvalue weighted by molar-refractivity contribution is 0.0692. The van der Waals surface area contributed by atoms with Gasteiger partial charge in [0.1, 0.15) is 11.3 Å². The number of nitrogen functional groups attached to an aromatic ring is 1. The molecular formula is C37H42N4O5. The molecule has 0 amide bonds. The Kier molecular flexibility index (Phi) is 11.5. The number of imidazole rings is 1. The topological polar surface area (TPSA) is 145 Å². The van der Waals surface area contributed by atoms with Gasteiger partial charge >= 0.3 is 5.97 Å². The Morgan fingerprint density at radius 3 is 1.96 bits per heavy atom. The van der Waals surface area contributed by atoms with E-state index in [9.17, 15) is 19.2 Å². The molecule has 3 N–H and O–H groups in total. The largest absolute Gasteiger partial charge is 0.478 e. The van der Waals surface area contributed by atoms with Crippen LogP contribution in [0.3, 0.4) is 0 Å². The van der Waals surface area contributed by atoms with Crippen LogP contribution in [0.5, 0.6) is 0 Å². The van der Waals surface area contributed by atoms with Crippen LogP contribution in [0.1, 0.15) is 108 Å². The van der Waals surface area contributed by atoms with Crippen molar-refractivity contribution in [1.82, 2.24) is 14.5 Å². The molecule has 5 aromatic rings. The SMILES string of the molecule is CC(=O)c1ccccc1C(=O)O.CCCCc1nc2c(N)nc3ccccc3c2n1CCCCCC(=O)c1ccccc1C(C)=O.[2HH]. The van der Waals surface area contributed by atoms with Crippen LogP contribution in [-0.4, -0.2) is 43.0 Å². The van der Waals surface area contributed by atoms with E-state index in [-0.39, 0.29) is 29.9 Å². The smallest absolute Gasteiger partial charge is 0.336 e. The molecule has 9 heteroatoms. The summed E-state index contributed by atoms with van der Waals surface area (Å²) in [6.07, 6.45) is 6.14. The average molecular weight is 624 g/mol. The van der Waals surface area contributed by atoms with Gasteiger partial charge in [0.15, 0.2) is 23.2 Å². The first kappa shape index (κ1) is 33.7. The number of hydrogen-bond acceptors (Lipinski definition) is 7. The maximum Gasteiger partial charge on any atom is 0.336 e. The van der Waals surface area contributed by atoms with Gasteiger partial charge in [-0.3, -0.25) is 14.4 Å². The Hall–Kier alpha value is -5.18. The Morgan fingerprint density at radius 1 is 0.761 bits per heavy atom. The molecule has 9 nitrogen and oxygen atoms in total. The lowest BCUT2D eigenvalue weighted by atomic mass is 9.97. The number of benzene rings is 3. The number of aryl methyl sites for hydroxylation is 2. The van der Waals surface area contributed by atoms with Gasteiger partial charge in [0.05, 0.1) is 16.6 Å². The number of para-hydroxylation sites is 1. The van der Waals surface area contributed by atoms with Gasteiger partial charge < -0.3 is 15.4 Å². The van der Waals surface area contributed by atoms with Crippen molar-refractivity contribution in [3.63, 3.8) is 0 Å². The van der Waals surface area contributed by atoms with Crippen molar-refractivity contribution in [3.8, 4) is 0 Å². The number of ketones is 3. The molecular weight excluding hydrogens is 580 g/mol. The predicted octanol–water partition coefficient (Wildman–Crippen LogP) is 7.99. The number of Topliss-reactive ketones (excluding diaryl/α,β-unsaturated/α-hetero) is 3. The van der Waals surface area contributed by atoms with E-state index in [1.165, 1.54) is 26.0 Å². The summed E-state index contributed by atoms with van der Waals surface area (Å²) >= 11 is 0. The van der Waals surface area contributed by atoms with E-state index in [0.29, 0.717) is 23.4 Å². The summed E-state index contributed by atoms with van der Waals surface area (Å²) in [5.41, 5.74) is 10.4. The minimum absolute atomic E-state index is 0. The molecule has 0 atom stereocenters. The molecule has 0 aliphatic heterocycles. The van der Waals surface area contributed by atoms with Crippen LogP contribution in [0.15, 0.2) is 72.8 Å². The highest BCUT2D eigenvalue weighted by Gasteiger charge is 2.18. The second-order valence-electron chi connectivity index (χ2n) is 11.2. The zero-order valence-corrected chi connectivity index (χ0v) is 26.6. The Balaban J connectivity index is 0.000000391. The number of pyridine rings is 1. The molecule has 46 heavy (non-hydrogen) atoms. The monoisotopic (exact) mass is 623 g/mol. The minimum Gasteiger partial charge on any atom is -0.478 e. The van der Waals surface area contributed by atoms with Gasteiger partial charge in [0, 0.05) is 42.9 Å². The average Bonchev–Trinajstić information content (AvgIpc) is 3.42. The third kappa shape index (κ3) is 7.90. The molecule has 0 saturated carbocycles. The van der Waals surface area contributed by atoms with Gasteiger partial charge in [0.2, 0.25) is 0 Å². The number of carbonyl (C=O) groups excluding carboxylic acids is 3. The molecule has 5 rings (SSSR count). The van der Waals surface area contributed by atoms with E-state index in [2.05, 4.69) is 22.5 Å². The molecule has 0 unspecified atom stereocenters. The molecule has 240 valence electrons. The van der Waals surface area contributed by atoms with Crippen molar-refractivity contribution in [2.75, 3.05) is 5.73 Å². The number of aromatic carboxylic acids is 1. The number of nitrogens with zero attached hydrogens (tertiary/aromatic N) is 3. The van der Waals surface area contributed by atoms with Crippen LogP contribution in [0.25, 0.3) is 21.9 Å². The Bertz CT molecular complexity index is 1870. The number of aromatic nitrogens is 3. The first-order chi connectivity index (χ1) is 22.1. The van der Waals surface area contributed by atoms with E-state index in [4.69, 9.17) is 15.8 Å². The number of anilines is 1. The standard InChI is InChI=1S/C28H32N4O2.C9H8O3.H2/c1-3-4-17-25-31-26-27(22-14-9-10-15-23(22)30-28(26)29)32(25)18-11-5-6-16-24(34)21-13-8-7-12-20(21)19(2)33;1-6(10)7-4-2-3-5-8(7)9(11)12;/h7-10,12-15H,3-6,11,16-18H2,1-2H3,(H2,29,30);2-5H,1H3,(H,11,12);1H/i;;1+1. The summed E-state index contributed by atoms with van der Waals surface area (Å²) in [5.74, 6) is 0.186. The van der Waals surface area contributed by atoms with Crippen LogP contribution in [0, 0.1) is 0 Å².